The Bertz CT molecular complexity index is 599. The van der Waals surface area contributed by atoms with Crippen molar-refractivity contribution in [3.63, 3.8) is 0 Å². The molecule has 0 spiro atoms. The van der Waals surface area contributed by atoms with Crippen LogP contribution in [0.4, 0.5) is 5.69 Å². The lowest BCUT2D eigenvalue weighted by molar-refractivity contribution is 0.0828. The molecule has 0 bridgehead atoms. The maximum Gasteiger partial charge on any atom is 0.254 e. The van der Waals surface area contributed by atoms with Gasteiger partial charge in [0.25, 0.3) is 5.91 Å². The average Bonchev–Trinajstić information content (AvgIpc) is 2.46. The van der Waals surface area contributed by atoms with Crippen LogP contribution in [-0.4, -0.2) is 29.9 Å². The fourth-order valence-electron chi connectivity index (χ4n) is 1.74. The number of hydrogen-bond acceptors (Lipinski definition) is 3. The van der Waals surface area contributed by atoms with E-state index in [0.717, 1.165) is 11.3 Å². The maximum absolute atomic E-state index is 12.0. The van der Waals surface area contributed by atoms with Crippen LogP contribution < -0.4 is 5.32 Å². The van der Waals surface area contributed by atoms with Crippen molar-refractivity contribution in [1.82, 2.24) is 9.88 Å². The molecule has 2 rings (SSSR count). The summed E-state index contributed by atoms with van der Waals surface area (Å²) in [6, 6.07) is 9.23. The number of benzene rings is 1. The number of nitrogens with one attached hydrogen (secondary N) is 1. The Kier molecular flexibility index (Phi) is 4.58. The average molecular weight is 290 g/mol. The summed E-state index contributed by atoms with van der Waals surface area (Å²) in [5.41, 5.74) is 2.48. The van der Waals surface area contributed by atoms with Crippen LogP contribution in [0.15, 0.2) is 42.7 Å². The largest absolute Gasteiger partial charge is 0.381 e. The van der Waals surface area contributed by atoms with E-state index < -0.39 is 0 Å². The Labute approximate surface area is 123 Å². The summed E-state index contributed by atoms with van der Waals surface area (Å²) >= 11 is 6.07. The predicted octanol–water partition coefficient (Wildman–Crippen LogP) is 3.05. The van der Waals surface area contributed by atoms with Crippen molar-refractivity contribution in [1.29, 1.82) is 0 Å². The summed E-state index contributed by atoms with van der Waals surface area (Å²) in [5.74, 6) is -0.109. The molecule has 0 aliphatic heterocycles. The van der Waals surface area contributed by atoms with Crippen LogP contribution >= 0.6 is 11.6 Å². The minimum Gasteiger partial charge on any atom is -0.381 e. The van der Waals surface area contributed by atoms with Crippen LogP contribution in [0.5, 0.6) is 0 Å². The van der Waals surface area contributed by atoms with E-state index in [0.29, 0.717) is 17.1 Å². The first kappa shape index (κ1) is 14.3. The Balaban J connectivity index is 2.13. The molecule has 0 aliphatic rings. The van der Waals surface area contributed by atoms with Gasteiger partial charge < -0.3 is 10.2 Å². The minimum atomic E-state index is -0.109. The molecule has 2 aromatic rings. The fraction of sp³-hybridized carbons (Fsp3) is 0.200. The second kappa shape index (κ2) is 6.39. The number of carbonyl (C=O) groups is 1. The van der Waals surface area contributed by atoms with Crippen LogP contribution in [0.2, 0.25) is 5.02 Å². The van der Waals surface area contributed by atoms with Gasteiger partial charge in [-0.3, -0.25) is 9.78 Å². The number of anilines is 1. The van der Waals surface area contributed by atoms with Crippen LogP contribution in [0, 0.1) is 0 Å². The number of nitrogens with zero attached hydrogens (tertiary/aromatic N) is 2. The monoisotopic (exact) mass is 289 g/mol. The predicted molar refractivity (Wildman–Crippen MR) is 81.0 cm³/mol. The van der Waals surface area contributed by atoms with Crippen LogP contribution in [0.25, 0.3) is 0 Å². The molecule has 0 atom stereocenters. The third kappa shape index (κ3) is 3.48. The molecule has 0 saturated heterocycles. The number of aromatic nitrogens is 1. The molecule has 1 amide bonds. The first-order chi connectivity index (χ1) is 9.58. The van der Waals surface area contributed by atoms with Gasteiger partial charge in [0, 0.05) is 38.7 Å². The Hall–Kier alpha value is -2.07. The maximum atomic E-state index is 12.0. The summed E-state index contributed by atoms with van der Waals surface area (Å²) in [6.45, 7) is 0.666. The quantitative estimate of drug-likeness (QED) is 0.941. The van der Waals surface area contributed by atoms with E-state index in [1.165, 1.54) is 4.90 Å². The molecule has 1 N–H and O–H groups in total. The summed E-state index contributed by atoms with van der Waals surface area (Å²) in [7, 11) is 3.41. The highest BCUT2D eigenvalue weighted by atomic mass is 35.5. The molecule has 0 radical (unpaired) electrons. The van der Waals surface area contributed by atoms with Gasteiger partial charge in [-0.05, 0) is 35.9 Å². The van der Waals surface area contributed by atoms with Gasteiger partial charge in [-0.2, -0.15) is 0 Å². The van der Waals surface area contributed by atoms with Crippen molar-refractivity contribution in [3.05, 3.63) is 58.9 Å². The van der Waals surface area contributed by atoms with Gasteiger partial charge in [0.15, 0.2) is 0 Å². The van der Waals surface area contributed by atoms with Crippen molar-refractivity contribution in [2.75, 3.05) is 19.4 Å². The first-order valence-corrected chi connectivity index (χ1v) is 6.59. The number of pyridine rings is 1. The fourth-order valence-corrected chi connectivity index (χ4v) is 1.94. The number of halogens is 1. The van der Waals surface area contributed by atoms with Gasteiger partial charge >= 0.3 is 0 Å². The zero-order valence-electron chi connectivity index (χ0n) is 11.4. The number of rotatable bonds is 4. The summed E-state index contributed by atoms with van der Waals surface area (Å²) in [6.07, 6.45) is 3.50. The topological polar surface area (TPSA) is 45.2 Å². The summed E-state index contributed by atoms with van der Waals surface area (Å²) in [5, 5.41) is 3.72. The molecule has 0 unspecified atom stereocenters. The Morgan fingerprint density at radius 1 is 1.25 bits per heavy atom. The lowest BCUT2D eigenvalue weighted by Crippen LogP contribution is -2.22. The number of amides is 1. The smallest absolute Gasteiger partial charge is 0.254 e. The van der Waals surface area contributed by atoms with Crippen molar-refractivity contribution in [2.24, 2.45) is 0 Å². The van der Waals surface area contributed by atoms with Gasteiger partial charge in [0.2, 0.25) is 0 Å². The molecule has 104 valence electrons. The van der Waals surface area contributed by atoms with E-state index in [2.05, 4.69) is 10.3 Å². The third-order valence-electron chi connectivity index (χ3n) is 2.85. The van der Waals surface area contributed by atoms with Crippen LogP contribution in [0.1, 0.15) is 15.9 Å². The van der Waals surface area contributed by atoms with Crippen molar-refractivity contribution < 1.29 is 4.79 Å². The summed E-state index contributed by atoms with van der Waals surface area (Å²) in [4.78, 5) is 17.5. The van der Waals surface area contributed by atoms with E-state index in [1.807, 2.05) is 18.2 Å². The lowest BCUT2D eigenvalue weighted by Gasteiger charge is -2.13. The van der Waals surface area contributed by atoms with Gasteiger partial charge in [-0.15, -0.1) is 0 Å². The lowest BCUT2D eigenvalue weighted by atomic mass is 10.1. The molecule has 5 heteroatoms. The van der Waals surface area contributed by atoms with Crippen molar-refractivity contribution in [3.8, 4) is 0 Å². The Morgan fingerprint density at radius 2 is 1.95 bits per heavy atom. The molecule has 1 aromatic carbocycles. The molecule has 1 aromatic heterocycles. The zero-order chi connectivity index (χ0) is 14.5. The molecule has 0 saturated carbocycles. The number of hydrogen-bond donors (Lipinski definition) is 1. The molecule has 1 heterocycles. The van der Waals surface area contributed by atoms with Gasteiger partial charge in [0.1, 0.15) is 0 Å². The van der Waals surface area contributed by atoms with Crippen molar-refractivity contribution >= 4 is 23.2 Å². The van der Waals surface area contributed by atoms with Crippen molar-refractivity contribution in [2.45, 2.75) is 6.54 Å². The standard InChI is InChI=1S/C15H16ClN3O/c1-19(2)15(20)13-9-12(3-4-14(13)16)18-10-11-5-7-17-8-6-11/h3-9,18H,10H2,1-2H3. The highest BCUT2D eigenvalue weighted by molar-refractivity contribution is 6.34. The molecular weight excluding hydrogens is 274 g/mol. The number of carbonyl (C=O) groups excluding carboxylic acids is 1. The van der Waals surface area contributed by atoms with Gasteiger partial charge in [-0.1, -0.05) is 11.6 Å². The second-order valence-electron chi connectivity index (χ2n) is 4.60. The highest BCUT2D eigenvalue weighted by Crippen LogP contribution is 2.22. The van der Waals surface area contributed by atoms with E-state index in [1.54, 1.807) is 38.6 Å². The molecule has 20 heavy (non-hydrogen) atoms. The SMILES string of the molecule is CN(C)C(=O)c1cc(NCc2ccncc2)ccc1Cl. The normalized spacial score (nSPS) is 10.2. The van der Waals surface area contributed by atoms with Crippen LogP contribution in [-0.2, 0) is 6.54 Å². The van der Waals surface area contributed by atoms with E-state index in [9.17, 15) is 4.79 Å². The van der Waals surface area contributed by atoms with Gasteiger partial charge in [0.05, 0.1) is 10.6 Å². The first-order valence-electron chi connectivity index (χ1n) is 6.22. The molecular formula is C15H16ClN3O. The zero-order valence-corrected chi connectivity index (χ0v) is 12.2. The van der Waals surface area contributed by atoms with E-state index in [-0.39, 0.29) is 5.91 Å². The molecule has 0 fully saturated rings. The summed E-state index contributed by atoms with van der Waals surface area (Å²) < 4.78 is 0. The third-order valence-corrected chi connectivity index (χ3v) is 3.18. The second-order valence-corrected chi connectivity index (χ2v) is 5.01. The Morgan fingerprint density at radius 3 is 2.60 bits per heavy atom. The van der Waals surface area contributed by atoms with E-state index >= 15 is 0 Å². The highest BCUT2D eigenvalue weighted by Gasteiger charge is 2.12. The van der Waals surface area contributed by atoms with E-state index in [4.69, 9.17) is 11.6 Å². The minimum absolute atomic E-state index is 0.109. The van der Waals surface area contributed by atoms with Gasteiger partial charge in [-0.25, -0.2) is 0 Å². The van der Waals surface area contributed by atoms with Crippen LogP contribution in [0.3, 0.4) is 0 Å². The molecule has 0 aliphatic carbocycles. The molecule has 4 nitrogen and oxygen atoms in total.